The number of hydrogen-bond acceptors (Lipinski definition) is 2. The standard InChI is InChI=1S/C13H9ClO2/c14-11-5-6-13(16)12(7-11)10-3-1-9(8-15)2-4-10/h1-8,16H. The fourth-order valence-corrected chi connectivity index (χ4v) is 1.65. The maximum Gasteiger partial charge on any atom is 0.150 e. The van der Waals surface area contributed by atoms with Crippen molar-refractivity contribution in [3.63, 3.8) is 0 Å². The Morgan fingerprint density at radius 2 is 1.75 bits per heavy atom. The van der Waals surface area contributed by atoms with Crippen molar-refractivity contribution in [2.45, 2.75) is 0 Å². The number of aldehydes is 1. The van der Waals surface area contributed by atoms with Crippen LogP contribution in [-0.2, 0) is 0 Å². The van der Waals surface area contributed by atoms with E-state index in [0.29, 0.717) is 16.1 Å². The zero-order chi connectivity index (χ0) is 11.5. The zero-order valence-corrected chi connectivity index (χ0v) is 9.11. The van der Waals surface area contributed by atoms with Crippen LogP contribution in [0, 0.1) is 0 Å². The third-order valence-electron chi connectivity index (χ3n) is 2.32. The first-order valence-corrected chi connectivity index (χ1v) is 5.12. The van der Waals surface area contributed by atoms with Crippen molar-refractivity contribution in [1.82, 2.24) is 0 Å². The number of benzene rings is 2. The molecule has 2 nitrogen and oxygen atoms in total. The van der Waals surface area contributed by atoms with Crippen molar-refractivity contribution < 1.29 is 9.90 Å². The van der Waals surface area contributed by atoms with Crippen molar-refractivity contribution in [3.05, 3.63) is 53.1 Å². The molecule has 0 bridgehead atoms. The third kappa shape index (κ3) is 2.07. The number of rotatable bonds is 2. The lowest BCUT2D eigenvalue weighted by Gasteiger charge is -2.05. The summed E-state index contributed by atoms with van der Waals surface area (Å²) in [5.74, 6) is 0.170. The van der Waals surface area contributed by atoms with E-state index in [0.717, 1.165) is 11.8 Å². The number of carbonyl (C=O) groups is 1. The van der Waals surface area contributed by atoms with E-state index in [4.69, 9.17) is 11.6 Å². The summed E-state index contributed by atoms with van der Waals surface area (Å²) in [5, 5.41) is 10.2. The molecule has 0 saturated heterocycles. The molecule has 0 unspecified atom stereocenters. The second-order valence-corrected chi connectivity index (χ2v) is 3.84. The number of phenolic OH excluding ortho intramolecular Hbond substituents is 1. The maximum atomic E-state index is 10.5. The zero-order valence-electron chi connectivity index (χ0n) is 8.35. The minimum Gasteiger partial charge on any atom is -0.507 e. The summed E-state index contributed by atoms with van der Waals surface area (Å²) in [4.78, 5) is 10.5. The van der Waals surface area contributed by atoms with Gasteiger partial charge in [-0.3, -0.25) is 4.79 Å². The van der Waals surface area contributed by atoms with Crippen LogP contribution in [-0.4, -0.2) is 11.4 Å². The molecule has 2 aromatic carbocycles. The van der Waals surface area contributed by atoms with Gasteiger partial charge in [0.15, 0.2) is 0 Å². The number of carbonyl (C=O) groups excluding carboxylic acids is 1. The molecule has 0 fully saturated rings. The SMILES string of the molecule is O=Cc1ccc(-c2cc(Cl)ccc2O)cc1. The molecule has 0 aromatic heterocycles. The molecular weight excluding hydrogens is 224 g/mol. The lowest BCUT2D eigenvalue weighted by Crippen LogP contribution is -1.82. The minimum absolute atomic E-state index is 0.170. The Bertz CT molecular complexity index is 518. The second kappa shape index (κ2) is 4.37. The van der Waals surface area contributed by atoms with E-state index >= 15 is 0 Å². The highest BCUT2D eigenvalue weighted by molar-refractivity contribution is 6.31. The average Bonchev–Trinajstić information content (AvgIpc) is 2.32. The average molecular weight is 233 g/mol. The van der Waals surface area contributed by atoms with Gasteiger partial charge in [-0.25, -0.2) is 0 Å². The van der Waals surface area contributed by atoms with Crippen LogP contribution >= 0.6 is 11.6 Å². The minimum atomic E-state index is 0.170. The van der Waals surface area contributed by atoms with Gasteiger partial charge in [0.1, 0.15) is 12.0 Å². The van der Waals surface area contributed by atoms with E-state index in [-0.39, 0.29) is 5.75 Å². The number of phenols is 1. The van der Waals surface area contributed by atoms with E-state index < -0.39 is 0 Å². The van der Waals surface area contributed by atoms with Crippen molar-refractivity contribution in [1.29, 1.82) is 0 Å². The molecule has 1 N–H and O–H groups in total. The molecule has 0 spiro atoms. The van der Waals surface area contributed by atoms with Crippen LogP contribution in [0.2, 0.25) is 5.02 Å². The molecule has 2 aromatic rings. The highest BCUT2D eigenvalue weighted by Crippen LogP contribution is 2.31. The fraction of sp³-hybridized carbons (Fsp3) is 0. The Hall–Kier alpha value is -1.80. The summed E-state index contributed by atoms with van der Waals surface area (Å²) in [6.45, 7) is 0. The van der Waals surface area contributed by atoms with E-state index in [1.165, 1.54) is 0 Å². The van der Waals surface area contributed by atoms with Crippen LogP contribution in [0.4, 0.5) is 0 Å². The molecule has 16 heavy (non-hydrogen) atoms. The molecule has 0 atom stereocenters. The van der Waals surface area contributed by atoms with Crippen LogP contribution in [0.25, 0.3) is 11.1 Å². The van der Waals surface area contributed by atoms with Crippen LogP contribution in [0.15, 0.2) is 42.5 Å². The summed E-state index contributed by atoms with van der Waals surface area (Å²) in [7, 11) is 0. The highest BCUT2D eigenvalue weighted by Gasteiger charge is 2.04. The van der Waals surface area contributed by atoms with Crippen LogP contribution in [0.5, 0.6) is 5.75 Å². The summed E-state index contributed by atoms with van der Waals surface area (Å²) >= 11 is 5.86. The van der Waals surface area contributed by atoms with Gasteiger partial charge < -0.3 is 5.11 Å². The normalized spacial score (nSPS) is 10.1. The first kappa shape index (κ1) is 10.7. The van der Waals surface area contributed by atoms with Gasteiger partial charge >= 0.3 is 0 Å². The van der Waals surface area contributed by atoms with E-state index in [9.17, 15) is 9.90 Å². The first-order chi connectivity index (χ1) is 7.70. The van der Waals surface area contributed by atoms with Crippen molar-refractivity contribution in [3.8, 4) is 16.9 Å². The molecule has 0 heterocycles. The highest BCUT2D eigenvalue weighted by atomic mass is 35.5. The molecule has 0 amide bonds. The molecule has 0 aliphatic rings. The Morgan fingerprint density at radius 3 is 2.38 bits per heavy atom. The Kier molecular flexibility index (Phi) is 2.93. The van der Waals surface area contributed by atoms with E-state index in [2.05, 4.69) is 0 Å². The Labute approximate surface area is 98.1 Å². The maximum absolute atomic E-state index is 10.5. The Morgan fingerprint density at radius 1 is 1.06 bits per heavy atom. The molecule has 0 aliphatic carbocycles. The third-order valence-corrected chi connectivity index (χ3v) is 2.55. The van der Waals surface area contributed by atoms with Gasteiger partial charge in [-0.2, -0.15) is 0 Å². The molecule has 0 saturated carbocycles. The van der Waals surface area contributed by atoms with Crippen molar-refractivity contribution in [2.24, 2.45) is 0 Å². The monoisotopic (exact) mass is 232 g/mol. The summed E-state index contributed by atoms with van der Waals surface area (Å²) in [6, 6.07) is 11.8. The van der Waals surface area contributed by atoms with Gasteiger partial charge in [-0.05, 0) is 23.8 Å². The smallest absolute Gasteiger partial charge is 0.150 e. The van der Waals surface area contributed by atoms with Gasteiger partial charge in [0.2, 0.25) is 0 Å². The van der Waals surface area contributed by atoms with Crippen LogP contribution in [0.3, 0.4) is 0 Å². The van der Waals surface area contributed by atoms with Crippen molar-refractivity contribution >= 4 is 17.9 Å². The van der Waals surface area contributed by atoms with Crippen molar-refractivity contribution in [2.75, 3.05) is 0 Å². The summed E-state index contributed by atoms with van der Waals surface area (Å²) in [6.07, 6.45) is 0.779. The lowest BCUT2D eigenvalue weighted by atomic mass is 10.0. The largest absolute Gasteiger partial charge is 0.507 e. The Balaban J connectivity index is 2.49. The van der Waals surface area contributed by atoms with Gasteiger partial charge in [0.25, 0.3) is 0 Å². The van der Waals surface area contributed by atoms with E-state index in [1.54, 1.807) is 42.5 Å². The molecule has 0 radical (unpaired) electrons. The molecular formula is C13H9ClO2. The first-order valence-electron chi connectivity index (χ1n) is 4.75. The quantitative estimate of drug-likeness (QED) is 0.805. The summed E-state index contributed by atoms with van der Waals surface area (Å²) in [5.41, 5.74) is 2.08. The molecule has 3 heteroatoms. The number of aromatic hydroxyl groups is 1. The second-order valence-electron chi connectivity index (χ2n) is 3.40. The predicted octanol–water partition coefficient (Wildman–Crippen LogP) is 3.53. The number of hydrogen-bond donors (Lipinski definition) is 1. The predicted molar refractivity (Wildman–Crippen MR) is 63.9 cm³/mol. The lowest BCUT2D eigenvalue weighted by molar-refractivity contribution is 0.112. The molecule has 0 aliphatic heterocycles. The van der Waals surface area contributed by atoms with Gasteiger partial charge in [-0.15, -0.1) is 0 Å². The molecule has 2 rings (SSSR count). The van der Waals surface area contributed by atoms with Crippen LogP contribution < -0.4 is 0 Å². The fourth-order valence-electron chi connectivity index (χ4n) is 1.48. The number of halogens is 1. The van der Waals surface area contributed by atoms with Gasteiger partial charge in [0, 0.05) is 16.1 Å². The van der Waals surface area contributed by atoms with Gasteiger partial charge in [-0.1, -0.05) is 35.9 Å². The van der Waals surface area contributed by atoms with Crippen LogP contribution in [0.1, 0.15) is 10.4 Å². The van der Waals surface area contributed by atoms with Gasteiger partial charge in [0.05, 0.1) is 0 Å². The van der Waals surface area contributed by atoms with E-state index in [1.807, 2.05) is 0 Å². The molecule has 80 valence electrons. The summed E-state index contributed by atoms with van der Waals surface area (Å²) < 4.78 is 0. The topological polar surface area (TPSA) is 37.3 Å².